The summed E-state index contributed by atoms with van der Waals surface area (Å²) in [6, 6.07) is 47.6. The van der Waals surface area contributed by atoms with Crippen molar-refractivity contribution in [1.29, 1.82) is 0 Å². The van der Waals surface area contributed by atoms with Gasteiger partial charge in [0, 0.05) is 62.7 Å². The molecule has 0 aliphatic carbocycles. The van der Waals surface area contributed by atoms with E-state index in [1.165, 1.54) is 0 Å². The van der Waals surface area contributed by atoms with Crippen molar-refractivity contribution < 1.29 is 0 Å². The van der Waals surface area contributed by atoms with Crippen molar-refractivity contribution in [1.82, 2.24) is 29.9 Å². The molecule has 0 aliphatic heterocycles. The quantitative estimate of drug-likeness (QED) is 0.172. The van der Waals surface area contributed by atoms with Gasteiger partial charge in [-0.15, -0.1) is 0 Å². The van der Waals surface area contributed by atoms with Crippen LogP contribution in [0.3, 0.4) is 0 Å². The first kappa shape index (κ1) is 30.7. The number of hydrogen-bond acceptors (Lipinski definition) is 6. The Bertz CT molecular complexity index is 2440. The lowest BCUT2D eigenvalue weighted by atomic mass is 9.96. The van der Waals surface area contributed by atoms with Crippen LogP contribution in [-0.2, 0) is 0 Å². The summed E-state index contributed by atoms with van der Waals surface area (Å²) in [7, 11) is 0. The summed E-state index contributed by atoms with van der Waals surface area (Å²) in [5.41, 5.74) is 14.4. The third-order valence-corrected chi connectivity index (χ3v) is 8.71. The zero-order valence-corrected chi connectivity index (χ0v) is 27.7. The molecule has 6 heteroatoms. The minimum atomic E-state index is 0.651. The fourth-order valence-corrected chi connectivity index (χ4v) is 6.20. The topological polar surface area (TPSA) is 77.3 Å². The molecule has 0 radical (unpaired) electrons. The van der Waals surface area contributed by atoms with Crippen LogP contribution < -0.4 is 0 Å². The predicted octanol–water partition coefficient (Wildman–Crippen LogP) is 10.3. The molecule has 8 rings (SSSR count). The monoisotopic (exact) mass is 644 g/mol. The molecular formula is C44H32N6. The summed E-state index contributed by atoms with van der Waals surface area (Å²) in [4.78, 5) is 28.7. The van der Waals surface area contributed by atoms with Crippen LogP contribution in [0.2, 0.25) is 0 Å². The molecule has 0 fully saturated rings. The van der Waals surface area contributed by atoms with Crippen molar-refractivity contribution >= 4 is 0 Å². The van der Waals surface area contributed by atoms with E-state index in [9.17, 15) is 0 Å². The fourth-order valence-electron chi connectivity index (χ4n) is 6.20. The molecule has 0 atom stereocenters. The van der Waals surface area contributed by atoms with E-state index in [0.717, 1.165) is 84.2 Å². The van der Waals surface area contributed by atoms with Gasteiger partial charge in [-0.05, 0) is 73.5 Å². The van der Waals surface area contributed by atoms with Gasteiger partial charge in [0.25, 0.3) is 0 Å². The van der Waals surface area contributed by atoms with Crippen LogP contribution in [0.25, 0.3) is 78.7 Å². The van der Waals surface area contributed by atoms with Crippen LogP contribution in [0.1, 0.15) is 11.4 Å². The summed E-state index contributed by atoms with van der Waals surface area (Å²) >= 11 is 0. The Morgan fingerprint density at radius 2 is 0.980 bits per heavy atom. The summed E-state index contributed by atoms with van der Waals surface area (Å²) in [5, 5.41) is 0. The van der Waals surface area contributed by atoms with E-state index in [2.05, 4.69) is 95.8 Å². The number of rotatable bonds is 7. The molecule has 4 heterocycles. The van der Waals surface area contributed by atoms with Gasteiger partial charge in [-0.2, -0.15) is 0 Å². The van der Waals surface area contributed by atoms with Crippen molar-refractivity contribution in [2.75, 3.05) is 0 Å². The molecular weight excluding hydrogens is 613 g/mol. The largest absolute Gasteiger partial charge is 0.264 e. The second-order valence-electron chi connectivity index (χ2n) is 12.2. The molecule has 50 heavy (non-hydrogen) atoms. The average molecular weight is 645 g/mol. The van der Waals surface area contributed by atoms with Crippen LogP contribution in [0.5, 0.6) is 0 Å². The first-order chi connectivity index (χ1) is 24.6. The van der Waals surface area contributed by atoms with Gasteiger partial charge in [0.1, 0.15) is 6.33 Å². The van der Waals surface area contributed by atoms with Gasteiger partial charge in [-0.25, -0.2) is 19.9 Å². The van der Waals surface area contributed by atoms with Crippen LogP contribution in [0.4, 0.5) is 0 Å². The van der Waals surface area contributed by atoms with Gasteiger partial charge in [0.2, 0.25) is 0 Å². The Hall–Kier alpha value is -6.66. The SMILES string of the molecule is Cc1ccc(-c2cccc(-c3cc(-c4cc(-c5cccnc5)cc(-c5cc(-c6ccccc6)ncn5)c4)nc(-c4ccccc4)n3)c2)c(C)n1. The number of benzene rings is 4. The van der Waals surface area contributed by atoms with Crippen LogP contribution >= 0.6 is 0 Å². The fraction of sp³-hybridized carbons (Fsp3) is 0.0455. The highest BCUT2D eigenvalue weighted by Crippen LogP contribution is 2.35. The molecule has 0 aliphatic rings. The number of nitrogens with zero attached hydrogens (tertiary/aromatic N) is 6. The van der Waals surface area contributed by atoms with E-state index in [1.54, 1.807) is 12.5 Å². The summed E-state index contributed by atoms with van der Waals surface area (Å²) in [6.45, 7) is 4.07. The van der Waals surface area contributed by atoms with Crippen LogP contribution in [-0.4, -0.2) is 29.9 Å². The molecule has 0 unspecified atom stereocenters. The number of aryl methyl sites for hydroxylation is 2. The zero-order valence-electron chi connectivity index (χ0n) is 27.7. The Kier molecular flexibility index (Phi) is 8.25. The number of aromatic nitrogens is 6. The lowest BCUT2D eigenvalue weighted by Crippen LogP contribution is -1.97. The molecule has 8 aromatic rings. The first-order valence-corrected chi connectivity index (χ1v) is 16.5. The lowest BCUT2D eigenvalue weighted by Gasteiger charge is -2.14. The maximum absolute atomic E-state index is 5.17. The third kappa shape index (κ3) is 6.42. The Balaban J connectivity index is 1.31. The second kappa shape index (κ2) is 13.5. The molecule has 0 saturated heterocycles. The third-order valence-electron chi connectivity index (χ3n) is 8.71. The maximum atomic E-state index is 5.17. The average Bonchev–Trinajstić information content (AvgIpc) is 3.19. The van der Waals surface area contributed by atoms with Gasteiger partial charge < -0.3 is 0 Å². The molecule has 0 bridgehead atoms. The second-order valence-corrected chi connectivity index (χ2v) is 12.2. The molecule has 0 spiro atoms. The Morgan fingerprint density at radius 3 is 1.70 bits per heavy atom. The molecule has 6 nitrogen and oxygen atoms in total. The Morgan fingerprint density at radius 1 is 0.400 bits per heavy atom. The molecule has 238 valence electrons. The minimum Gasteiger partial charge on any atom is -0.264 e. The first-order valence-electron chi connectivity index (χ1n) is 16.5. The normalized spacial score (nSPS) is 11.0. The highest BCUT2D eigenvalue weighted by atomic mass is 14.9. The summed E-state index contributed by atoms with van der Waals surface area (Å²) < 4.78 is 0. The molecule has 4 aromatic carbocycles. The minimum absolute atomic E-state index is 0.651. The number of pyridine rings is 2. The molecule has 4 aromatic heterocycles. The van der Waals surface area contributed by atoms with E-state index in [-0.39, 0.29) is 0 Å². The maximum Gasteiger partial charge on any atom is 0.160 e. The zero-order chi connectivity index (χ0) is 33.9. The predicted molar refractivity (Wildman–Crippen MR) is 201 cm³/mol. The van der Waals surface area contributed by atoms with Crippen molar-refractivity contribution in [3.05, 3.63) is 170 Å². The van der Waals surface area contributed by atoms with E-state index < -0.39 is 0 Å². The van der Waals surface area contributed by atoms with Gasteiger partial charge in [-0.3, -0.25) is 9.97 Å². The summed E-state index contributed by atoms with van der Waals surface area (Å²) in [5.74, 6) is 0.651. The van der Waals surface area contributed by atoms with Crippen molar-refractivity contribution in [2.24, 2.45) is 0 Å². The highest BCUT2D eigenvalue weighted by molar-refractivity contribution is 5.82. The van der Waals surface area contributed by atoms with Crippen LogP contribution in [0, 0.1) is 13.8 Å². The van der Waals surface area contributed by atoms with Gasteiger partial charge in [0.05, 0.1) is 22.8 Å². The van der Waals surface area contributed by atoms with Gasteiger partial charge in [0.15, 0.2) is 5.82 Å². The lowest BCUT2D eigenvalue weighted by molar-refractivity contribution is 1.13. The standard InChI is InChI=1S/C44H32N6/c1-29-18-19-39(30(2)48-29)33-15-9-16-34(21-33)42-26-43(50-44(49-42)32-13-7-4-8-14-32)38-23-36(35-17-10-20-45-27-35)22-37(24-38)41-25-40(46-28-47-41)31-11-5-3-6-12-31/h3-28H,1-2H3. The van der Waals surface area contributed by atoms with E-state index in [0.29, 0.717) is 5.82 Å². The van der Waals surface area contributed by atoms with Crippen molar-refractivity contribution in [2.45, 2.75) is 13.8 Å². The summed E-state index contributed by atoms with van der Waals surface area (Å²) in [6.07, 6.45) is 5.30. The smallest absolute Gasteiger partial charge is 0.160 e. The van der Waals surface area contributed by atoms with Crippen LogP contribution in [0.15, 0.2) is 158 Å². The van der Waals surface area contributed by atoms with Crippen molar-refractivity contribution in [3.63, 3.8) is 0 Å². The number of hydrogen-bond donors (Lipinski definition) is 0. The molecule has 0 N–H and O–H groups in total. The van der Waals surface area contributed by atoms with Crippen molar-refractivity contribution in [3.8, 4) is 78.7 Å². The van der Waals surface area contributed by atoms with E-state index in [1.807, 2.05) is 73.8 Å². The van der Waals surface area contributed by atoms with E-state index >= 15 is 0 Å². The van der Waals surface area contributed by atoms with E-state index in [4.69, 9.17) is 19.9 Å². The Labute approximate surface area is 291 Å². The van der Waals surface area contributed by atoms with Gasteiger partial charge >= 0.3 is 0 Å². The molecule has 0 amide bonds. The van der Waals surface area contributed by atoms with Gasteiger partial charge in [-0.1, -0.05) is 91.0 Å². The highest BCUT2D eigenvalue weighted by Gasteiger charge is 2.15. The molecule has 0 saturated carbocycles.